The molecule has 8 nitrogen and oxygen atoms in total. The predicted octanol–water partition coefficient (Wildman–Crippen LogP) is 2.69. The van der Waals surface area contributed by atoms with Gasteiger partial charge in [0.25, 0.3) is 0 Å². The van der Waals surface area contributed by atoms with Crippen LogP contribution in [0.1, 0.15) is 28.9 Å². The fraction of sp³-hybridized carbons (Fsp3) is 0.375. The molecule has 0 aliphatic carbocycles. The quantitative estimate of drug-likeness (QED) is 0.724. The van der Waals surface area contributed by atoms with Crippen molar-refractivity contribution in [2.24, 2.45) is 9.98 Å². The Kier molecular flexibility index (Phi) is 5.53. The number of carbonyl (C=O) groups is 1. The van der Waals surface area contributed by atoms with Crippen LogP contribution in [0.4, 0.5) is 5.69 Å². The molecule has 0 aromatic heterocycles. The van der Waals surface area contributed by atoms with Crippen LogP contribution in [0.5, 0.6) is 0 Å². The first-order chi connectivity index (χ1) is 15.7. The highest BCUT2D eigenvalue weighted by molar-refractivity contribution is 6.01. The molecule has 1 fully saturated rings. The Bertz CT molecular complexity index is 1090. The molecular weight excluding hydrogens is 406 g/mol. The maximum atomic E-state index is 11.9. The van der Waals surface area contributed by atoms with E-state index in [0.717, 1.165) is 54.5 Å². The molecule has 1 saturated heterocycles. The Balaban J connectivity index is 1.48. The van der Waals surface area contributed by atoms with Gasteiger partial charge < -0.3 is 25.0 Å². The minimum absolute atomic E-state index is 0.0793. The van der Waals surface area contributed by atoms with Crippen LogP contribution in [-0.2, 0) is 9.47 Å². The highest BCUT2D eigenvalue weighted by Gasteiger charge is 2.40. The number of esters is 1. The third-order valence-corrected chi connectivity index (χ3v) is 6.04. The molecule has 0 bridgehead atoms. The van der Waals surface area contributed by atoms with E-state index in [0.29, 0.717) is 18.1 Å². The van der Waals surface area contributed by atoms with Crippen molar-refractivity contribution in [3.63, 3.8) is 0 Å². The molecule has 5 rings (SSSR count). The highest BCUT2D eigenvalue weighted by atomic mass is 16.5. The molecule has 8 heteroatoms. The number of methoxy groups -OCH3 is 1. The number of hydrogen-bond donors (Lipinski definition) is 2. The van der Waals surface area contributed by atoms with Gasteiger partial charge in [-0.2, -0.15) is 4.99 Å². The maximum absolute atomic E-state index is 11.9. The lowest BCUT2D eigenvalue weighted by Gasteiger charge is -2.32. The fourth-order valence-electron chi connectivity index (χ4n) is 4.44. The number of hydrogen-bond acceptors (Lipinski definition) is 8. The number of benzene rings is 2. The number of aliphatic imine (C=N–C) groups is 2. The Morgan fingerprint density at radius 1 is 1.16 bits per heavy atom. The monoisotopic (exact) mass is 433 g/mol. The number of rotatable bonds is 3. The fourth-order valence-corrected chi connectivity index (χ4v) is 4.44. The molecule has 2 aromatic rings. The van der Waals surface area contributed by atoms with E-state index in [1.54, 1.807) is 6.07 Å². The smallest absolute Gasteiger partial charge is 0.337 e. The first kappa shape index (κ1) is 20.5. The van der Waals surface area contributed by atoms with Crippen LogP contribution in [0.15, 0.2) is 52.4 Å². The molecule has 0 amide bonds. The average molecular weight is 434 g/mol. The van der Waals surface area contributed by atoms with E-state index in [4.69, 9.17) is 19.5 Å². The second-order valence-electron chi connectivity index (χ2n) is 7.99. The van der Waals surface area contributed by atoms with Gasteiger partial charge in [-0.1, -0.05) is 24.3 Å². The summed E-state index contributed by atoms with van der Waals surface area (Å²) in [4.78, 5) is 23.9. The topological polar surface area (TPSA) is 87.5 Å². The van der Waals surface area contributed by atoms with Crippen molar-refractivity contribution in [2.45, 2.75) is 19.0 Å². The van der Waals surface area contributed by atoms with Crippen molar-refractivity contribution in [3.05, 3.63) is 53.6 Å². The van der Waals surface area contributed by atoms with Gasteiger partial charge in [-0.25, -0.2) is 9.79 Å². The number of nitrogens with one attached hydrogen (secondary N) is 2. The first-order valence-corrected chi connectivity index (χ1v) is 11.0. The number of ether oxygens (including phenoxy) is 2. The van der Waals surface area contributed by atoms with Crippen molar-refractivity contribution < 1.29 is 14.3 Å². The lowest BCUT2D eigenvalue weighted by Crippen LogP contribution is -2.48. The largest absolute Gasteiger partial charge is 0.479 e. The van der Waals surface area contributed by atoms with E-state index in [1.807, 2.05) is 25.1 Å². The summed E-state index contributed by atoms with van der Waals surface area (Å²) in [6, 6.07) is 13.6. The van der Waals surface area contributed by atoms with Crippen LogP contribution in [0.3, 0.4) is 0 Å². The SMILES string of the molecule is CCOC1=NC(N2CCNCC2)=NC2c3ccc(-c4cccc(C(=O)OC)c4)cc3NC12. The summed E-state index contributed by atoms with van der Waals surface area (Å²) in [5, 5.41) is 6.94. The molecule has 3 aliphatic heterocycles. The zero-order valence-electron chi connectivity index (χ0n) is 18.3. The van der Waals surface area contributed by atoms with Crippen LogP contribution in [0, 0.1) is 0 Å². The molecule has 2 aromatic carbocycles. The zero-order valence-corrected chi connectivity index (χ0v) is 18.3. The second kappa shape index (κ2) is 8.63. The molecule has 2 unspecified atom stereocenters. The van der Waals surface area contributed by atoms with E-state index < -0.39 is 0 Å². The van der Waals surface area contributed by atoms with Crippen LogP contribution in [0.2, 0.25) is 0 Å². The lowest BCUT2D eigenvalue weighted by molar-refractivity contribution is 0.0601. The molecule has 2 N–H and O–H groups in total. The Labute approximate surface area is 187 Å². The maximum Gasteiger partial charge on any atom is 0.337 e. The number of guanidine groups is 1. The first-order valence-electron chi connectivity index (χ1n) is 11.0. The molecule has 3 aliphatic rings. The lowest BCUT2D eigenvalue weighted by atomic mass is 9.98. The Morgan fingerprint density at radius 3 is 2.75 bits per heavy atom. The number of nitrogens with zero attached hydrogens (tertiary/aromatic N) is 3. The van der Waals surface area contributed by atoms with Crippen molar-refractivity contribution >= 4 is 23.5 Å². The van der Waals surface area contributed by atoms with Gasteiger partial charge in [-0.05, 0) is 36.2 Å². The molecule has 0 radical (unpaired) electrons. The zero-order chi connectivity index (χ0) is 22.1. The summed E-state index contributed by atoms with van der Waals surface area (Å²) in [6.07, 6.45) is 0. The molecule has 0 spiro atoms. The van der Waals surface area contributed by atoms with Crippen LogP contribution in [0.25, 0.3) is 11.1 Å². The number of fused-ring (bicyclic) bond motifs is 3. The van der Waals surface area contributed by atoms with Gasteiger partial charge in [0.15, 0.2) is 0 Å². The molecule has 0 saturated carbocycles. The van der Waals surface area contributed by atoms with Gasteiger partial charge in [0.2, 0.25) is 11.9 Å². The van der Waals surface area contributed by atoms with Gasteiger partial charge in [0, 0.05) is 37.4 Å². The summed E-state index contributed by atoms with van der Waals surface area (Å²) in [7, 11) is 1.39. The van der Waals surface area contributed by atoms with Gasteiger partial charge in [-0.15, -0.1) is 0 Å². The van der Waals surface area contributed by atoms with E-state index in [2.05, 4.69) is 33.7 Å². The predicted molar refractivity (Wildman–Crippen MR) is 124 cm³/mol. The molecule has 2 atom stereocenters. The van der Waals surface area contributed by atoms with Crippen LogP contribution < -0.4 is 10.6 Å². The summed E-state index contributed by atoms with van der Waals surface area (Å²) in [6.45, 7) is 6.15. The van der Waals surface area contributed by atoms with Crippen molar-refractivity contribution in [3.8, 4) is 11.1 Å². The second-order valence-corrected chi connectivity index (χ2v) is 7.99. The standard InChI is InChI=1S/C24H27N5O3/c1-3-32-22-21-20(27-24(28-22)29-11-9-25-10-12-29)18-8-7-16(14-19(18)26-21)15-5-4-6-17(13-15)23(30)31-2/h4-8,13-14,20-21,25-26H,3,9-12H2,1-2H3. The Hall–Kier alpha value is -3.39. The van der Waals surface area contributed by atoms with Gasteiger partial charge in [0.1, 0.15) is 12.1 Å². The van der Waals surface area contributed by atoms with Crippen LogP contribution in [-0.4, -0.2) is 68.7 Å². The van der Waals surface area contributed by atoms with Gasteiger partial charge >= 0.3 is 5.97 Å². The van der Waals surface area contributed by atoms with E-state index in [1.165, 1.54) is 7.11 Å². The van der Waals surface area contributed by atoms with Gasteiger partial charge in [-0.3, -0.25) is 0 Å². The van der Waals surface area contributed by atoms with E-state index >= 15 is 0 Å². The van der Waals surface area contributed by atoms with Crippen LogP contribution >= 0.6 is 0 Å². The molecular formula is C24H27N5O3. The summed E-state index contributed by atoms with van der Waals surface area (Å²) in [5.41, 5.74) is 4.64. The third kappa shape index (κ3) is 3.71. The number of anilines is 1. The highest BCUT2D eigenvalue weighted by Crippen LogP contribution is 2.41. The normalized spacial score (nSPS) is 21.6. The summed E-state index contributed by atoms with van der Waals surface area (Å²) in [5.74, 6) is 1.09. The Morgan fingerprint density at radius 2 is 1.97 bits per heavy atom. The molecule has 3 heterocycles. The number of piperazine rings is 1. The minimum Gasteiger partial charge on any atom is -0.479 e. The van der Waals surface area contributed by atoms with E-state index in [-0.39, 0.29) is 18.1 Å². The third-order valence-electron chi connectivity index (χ3n) is 6.04. The average Bonchev–Trinajstić information content (AvgIpc) is 3.22. The van der Waals surface area contributed by atoms with Crippen molar-refractivity contribution in [1.29, 1.82) is 0 Å². The minimum atomic E-state index is -0.343. The van der Waals surface area contributed by atoms with Crippen molar-refractivity contribution in [2.75, 3.05) is 45.2 Å². The van der Waals surface area contributed by atoms with E-state index in [9.17, 15) is 4.79 Å². The number of carbonyl (C=O) groups excluding carboxylic acids is 1. The molecule has 166 valence electrons. The van der Waals surface area contributed by atoms with Gasteiger partial charge in [0.05, 0.1) is 19.3 Å². The molecule has 32 heavy (non-hydrogen) atoms. The summed E-state index contributed by atoms with van der Waals surface area (Å²) >= 11 is 0. The summed E-state index contributed by atoms with van der Waals surface area (Å²) < 4.78 is 10.8. The van der Waals surface area contributed by atoms with Crippen molar-refractivity contribution in [1.82, 2.24) is 10.2 Å².